The second-order valence-electron chi connectivity index (χ2n) is 15.5. The molecule has 9 aromatic rings. The van der Waals surface area contributed by atoms with Crippen molar-refractivity contribution in [2.24, 2.45) is 0 Å². The summed E-state index contributed by atoms with van der Waals surface area (Å²) in [6.45, 7) is 0. The van der Waals surface area contributed by atoms with E-state index in [1.807, 2.05) is 6.07 Å². The minimum absolute atomic E-state index is 0.0537. The van der Waals surface area contributed by atoms with Crippen LogP contribution < -0.4 is 4.90 Å². The Balaban J connectivity index is 0.935. The van der Waals surface area contributed by atoms with Crippen LogP contribution in [0.3, 0.4) is 0 Å². The van der Waals surface area contributed by atoms with Gasteiger partial charge in [0.2, 0.25) is 0 Å². The molecule has 0 aromatic heterocycles. The van der Waals surface area contributed by atoms with E-state index in [1.165, 1.54) is 61.2 Å². The van der Waals surface area contributed by atoms with Crippen LogP contribution in [0.4, 0.5) is 17.1 Å². The van der Waals surface area contributed by atoms with Crippen molar-refractivity contribution in [2.75, 3.05) is 4.90 Å². The summed E-state index contributed by atoms with van der Waals surface area (Å²) in [5.41, 5.74) is 21.3. The number of nitrogens with zero attached hydrogens (tertiary/aromatic N) is 2. The van der Waals surface area contributed by atoms with Crippen LogP contribution in [-0.4, -0.2) is 0 Å². The molecule has 12 rings (SSSR count). The van der Waals surface area contributed by atoms with Crippen LogP contribution in [0.1, 0.15) is 50.8 Å². The first kappa shape index (κ1) is 34.5. The highest BCUT2D eigenvalue weighted by molar-refractivity contribution is 5.84. The number of nitriles is 1. The lowest BCUT2D eigenvalue weighted by Crippen LogP contribution is -2.29. The molecule has 0 unspecified atom stereocenters. The second kappa shape index (κ2) is 14.3. The molecular formula is C57H38N2. The van der Waals surface area contributed by atoms with Crippen LogP contribution in [-0.2, 0) is 0 Å². The topological polar surface area (TPSA) is 27.0 Å². The van der Waals surface area contributed by atoms with Crippen LogP contribution in [0, 0.1) is 11.3 Å². The van der Waals surface area contributed by atoms with E-state index in [0.717, 1.165) is 39.3 Å². The molecule has 59 heavy (non-hydrogen) atoms. The molecule has 2 heteroatoms. The molecule has 2 nitrogen and oxygen atoms in total. The maximum Gasteiger partial charge on any atom is 0.0994 e. The van der Waals surface area contributed by atoms with Crippen molar-refractivity contribution in [3.8, 4) is 50.6 Å². The first-order valence-electron chi connectivity index (χ1n) is 20.3. The Morgan fingerprint density at radius 2 is 0.627 bits per heavy atom. The van der Waals surface area contributed by atoms with E-state index in [1.54, 1.807) is 0 Å². The quantitative estimate of drug-likeness (QED) is 0.162. The maximum atomic E-state index is 10.4. The fraction of sp³-hybridized carbons (Fsp3) is 0.0351. The Labute approximate surface area is 345 Å². The molecule has 0 spiro atoms. The first-order valence-corrected chi connectivity index (χ1v) is 20.3. The highest BCUT2D eigenvalue weighted by Gasteiger charge is 2.43. The molecule has 2 bridgehead atoms. The summed E-state index contributed by atoms with van der Waals surface area (Å²) in [5.74, 6) is 0.142. The van der Waals surface area contributed by atoms with Gasteiger partial charge in [0.25, 0.3) is 0 Å². The normalized spacial score (nSPS) is 14.4. The van der Waals surface area contributed by atoms with Crippen LogP contribution in [0.15, 0.2) is 218 Å². The van der Waals surface area contributed by atoms with Gasteiger partial charge in [-0.3, -0.25) is 0 Å². The monoisotopic (exact) mass is 750 g/mol. The van der Waals surface area contributed by atoms with Crippen molar-refractivity contribution in [3.05, 3.63) is 257 Å². The van der Waals surface area contributed by atoms with Gasteiger partial charge in [0, 0.05) is 28.9 Å². The summed E-state index contributed by atoms with van der Waals surface area (Å²) in [4.78, 5) is 2.33. The molecule has 0 saturated heterocycles. The minimum Gasteiger partial charge on any atom is -0.311 e. The summed E-state index contributed by atoms with van der Waals surface area (Å²) < 4.78 is 0. The summed E-state index contributed by atoms with van der Waals surface area (Å²) in [6, 6.07) is 81.0. The van der Waals surface area contributed by atoms with Gasteiger partial charge >= 0.3 is 0 Å². The molecule has 0 fully saturated rings. The smallest absolute Gasteiger partial charge is 0.0994 e. The summed E-state index contributed by atoms with van der Waals surface area (Å²) in [7, 11) is 0. The van der Waals surface area contributed by atoms with Crippen molar-refractivity contribution in [2.45, 2.75) is 11.8 Å². The minimum atomic E-state index is 0.0537. The van der Waals surface area contributed by atoms with E-state index < -0.39 is 0 Å². The van der Waals surface area contributed by atoms with Gasteiger partial charge in [-0.2, -0.15) is 5.26 Å². The van der Waals surface area contributed by atoms with E-state index in [0.29, 0.717) is 0 Å². The lowest BCUT2D eigenvalue weighted by molar-refractivity contribution is 0.753. The van der Waals surface area contributed by atoms with Gasteiger partial charge in [-0.1, -0.05) is 176 Å². The number of rotatable bonds is 7. The third-order valence-corrected chi connectivity index (χ3v) is 12.3. The number of benzene rings is 9. The second-order valence-corrected chi connectivity index (χ2v) is 15.5. The highest BCUT2D eigenvalue weighted by Crippen LogP contribution is 2.58. The molecular weight excluding hydrogens is 713 g/mol. The largest absolute Gasteiger partial charge is 0.311 e. The van der Waals surface area contributed by atoms with E-state index in [-0.39, 0.29) is 11.8 Å². The van der Waals surface area contributed by atoms with Gasteiger partial charge < -0.3 is 4.90 Å². The van der Waals surface area contributed by atoms with Gasteiger partial charge in [-0.15, -0.1) is 0 Å². The highest BCUT2D eigenvalue weighted by atomic mass is 15.1. The number of hydrogen-bond acceptors (Lipinski definition) is 2. The first-order chi connectivity index (χ1) is 29.2. The predicted molar refractivity (Wildman–Crippen MR) is 242 cm³/mol. The lowest BCUT2D eigenvalue weighted by atomic mass is 9.59. The molecule has 0 heterocycles. The SMILES string of the molecule is N#Cc1ccc(-c2ccc(-c3ccc(N(c4ccc(-c5ccccc5)cc4)c4ccc(-c5ccccc5)cc4)cc3)cc2)c2c1C1c3ccccc3C2c2ccccc21. The molecule has 9 aromatic carbocycles. The van der Waals surface area contributed by atoms with Gasteiger partial charge in [0.05, 0.1) is 11.6 Å². The molecule has 0 radical (unpaired) electrons. The van der Waals surface area contributed by atoms with E-state index in [9.17, 15) is 5.26 Å². The van der Waals surface area contributed by atoms with Gasteiger partial charge in [-0.25, -0.2) is 0 Å². The fourth-order valence-corrected chi connectivity index (χ4v) is 9.60. The number of hydrogen-bond donors (Lipinski definition) is 0. The Morgan fingerprint density at radius 1 is 0.305 bits per heavy atom. The molecule has 0 saturated carbocycles. The Kier molecular flexibility index (Phi) is 8.38. The Bertz CT molecular complexity index is 2880. The zero-order valence-electron chi connectivity index (χ0n) is 32.3. The fourth-order valence-electron chi connectivity index (χ4n) is 9.60. The predicted octanol–water partition coefficient (Wildman–Crippen LogP) is 14.7. The average Bonchev–Trinajstić information content (AvgIpc) is 3.32. The molecule has 276 valence electrons. The molecule has 0 N–H and O–H groups in total. The zero-order chi connectivity index (χ0) is 39.3. The summed E-state index contributed by atoms with van der Waals surface area (Å²) >= 11 is 0. The third kappa shape index (κ3) is 5.87. The van der Waals surface area contributed by atoms with Gasteiger partial charge in [0.1, 0.15) is 0 Å². The average molecular weight is 751 g/mol. The van der Waals surface area contributed by atoms with E-state index >= 15 is 0 Å². The van der Waals surface area contributed by atoms with Crippen LogP contribution >= 0.6 is 0 Å². The van der Waals surface area contributed by atoms with Gasteiger partial charge in [0.15, 0.2) is 0 Å². The van der Waals surface area contributed by atoms with Gasteiger partial charge in [-0.05, 0) is 120 Å². The molecule has 0 amide bonds. The lowest BCUT2D eigenvalue weighted by Gasteiger charge is -2.43. The Hall–Kier alpha value is -7.73. The van der Waals surface area contributed by atoms with Crippen LogP contribution in [0.2, 0.25) is 0 Å². The standard InChI is InChI=1S/C57H38N2/c58-37-45-29-36-49(57-54(45)55-50-15-7-9-17-52(50)56(57)53-18-10-8-16-51(53)55)44-21-19-40(20-22-44)43-27-34-48(35-28-43)59(46-30-23-41(24-31-46)38-11-3-1-4-12-38)47-32-25-42(26-33-47)39-13-5-2-6-14-39/h1-36,55-56H. The van der Waals surface area contributed by atoms with Crippen molar-refractivity contribution < 1.29 is 0 Å². The molecule has 3 aliphatic rings. The van der Waals surface area contributed by atoms with E-state index in [4.69, 9.17) is 0 Å². The summed E-state index contributed by atoms with van der Waals surface area (Å²) in [5, 5.41) is 10.4. The molecule has 0 aliphatic heterocycles. The van der Waals surface area contributed by atoms with Crippen molar-refractivity contribution >= 4 is 17.1 Å². The van der Waals surface area contributed by atoms with Crippen molar-refractivity contribution in [3.63, 3.8) is 0 Å². The zero-order valence-corrected chi connectivity index (χ0v) is 32.3. The third-order valence-electron chi connectivity index (χ3n) is 12.3. The van der Waals surface area contributed by atoms with Crippen LogP contribution in [0.25, 0.3) is 44.5 Å². The Morgan fingerprint density at radius 3 is 1.02 bits per heavy atom. The van der Waals surface area contributed by atoms with Crippen molar-refractivity contribution in [1.82, 2.24) is 0 Å². The van der Waals surface area contributed by atoms with Crippen LogP contribution in [0.5, 0.6) is 0 Å². The molecule has 0 atom stereocenters. The summed E-state index contributed by atoms with van der Waals surface area (Å²) in [6.07, 6.45) is 0. The molecule has 3 aliphatic carbocycles. The number of anilines is 3. The van der Waals surface area contributed by atoms with Crippen molar-refractivity contribution in [1.29, 1.82) is 5.26 Å². The maximum absolute atomic E-state index is 10.4. The van der Waals surface area contributed by atoms with E-state index in [2.05, 4.69) is 223 Å².